The predicted octanol–water partition coefficient (Wildman–Crippen LogP) is 2.57. The van der Waals surface area contributed by atoms with E-state index in [-0.39, 0.29) is 35.9 Å². The van der Waals surface area contributed by atoms with Crippen LogP contribution in [-0.2, 0) is 9.59 Å². The number of amides is 2. The van der Waals surface area contributed by atoms with Gasteiger partial charge in [0.15, 0.2) is 0 Å². The van der Waals surface area contributed by atoms with Gasteiger partial charge in [0.2, 0.25) is 11.8 Å². The van der Waals surface area contributed by atoms with E-state index in [0.717, 1.165) is 25.7 Å². The molecule has 2 amide bonds. The highest BCUT2D eigenvalue weighted by molar-refractivity contribution is 5.97. The summed E-state index contributed by atoms with van der Waals surface area (Å²) in [6.45, 7) is 10.6. The van der Waals surface area contributed by atoms with E-state index in [0.29, 0.717) is 11.8 Å². The summed E-state index contributed by atoms with van der Waals surface area (Å²) in [6, 6.07) is -0.394. The molecule has 4 heteroatoms. The van der Waals surface area contributed by atoms with Gasteiger partial charge in [0.25, 0.3) is 0 Å². The van der Waals surface area contributed by atoms with E-state index in [2.05, 4.69) is 26.1 Å². The summed E-state index contributed by atoms with van der Waals surface area (Å²) in [4.78, 5) is 27.4. The Balaban J connectivity index is 2.30. The van der Waals surface area contributed by atoms with Gasteiger partial charge in [-0.05, 0) is 37.0 Å². The third-order valence-electron chi connectivity index (χ3n) is 5.43. The first-order chi connectivity index (χ1) is 9.88. The third kappa shape index (κ3) is 2.95. The van der Waals surface area contributed by atoms with Crippen LogP contribution in [0.1, 0.15) is 60.3 Å². The molecule has 1 aliphatic heterocycles. The maximum atomic E-state index is 12.9. The Labute approximate surface area is 128 Å². The molecular weight excluding hydrogens is 264 g/mol. The molecule has 1 N–H and O–H groups in total. The van der Waals surface area contributed by atoms with E-state index >= 15 is 0 Å². The van der Waals surface area contributed by atoms with Crippen LogP contribution < -0.4 is 5.32 Å². The van der Waals surface area contributed by atoms with Crippen molar-refractivity contribution in [2.24, 2.45) is 17.8 Å². The lowest BCUT2D eigenvalue weighted by molar-refractivity contribution is -0.155. The lowest BCUT2D eigenvalue weighted by Gasteiger charge is -2.45. The molecule has 0 aromatic carbocycles. The quantitative estimate of drug-likeness (QED) is 0.866. The van der Waals surface area contributed by atoms with E-state index in [1.165, 1.54) is 0 Å². The first-order valence-electron chi connectivity index (χ1n) is 8.51. The SMILES string of the molecule is CCCC1NC(=O)C(C(C)C)N(C2CCC(C)C2C)C1=O. The van der Waals surface area contributed by atoms with E-state index in [1.807, 2.05) is 18.7 Å². The van der Waals surface area contributed by atoms with Crippen LogP contribution >= 0.6 is 0 Å². The maximum Gasteiger partial charge on any atom is 0.246 e. The van der Waals surface area contributed by atoms with Crippen molar-refractivity contribution in [3.63, 3.8) is 0 Å². The van der Waals surface area contributed by atoms with Crippen LogP contribution in [0.25, 0.3) is 0 Å². The summed E-state index contributed by atoms with van der Waals surface area (Å²) < 4.78 is 0. The molecule has 0 aromatic heterocycles. The zero-order valence-corrected chi connectivity index (χ0v) is 14.1. The Bertz CT molecular complexity index is 408. The smallest absolute Gasteiger partial charge is 0.246 e. The summed E-state index contributed by atoms with van der Waals surface area (Å²) in [6.07, 6.45) is 3.83. The standard InChI is InChI=1S/C17H30N2O2/c1-6-7-13-17(21)19(14-9-8-11(4)12(14)5)15(10(2)3)16(20)18-13/h10-15H,6-9H2,1-5H3,(H,18,20). The normalized spacial score (nSPS) is 37.2. The minimum atomic E-state index is -0.319. The summed E-state index contributed by atoms with van der Waals surface area (Å²) in [5, 5.41) is 2.95. The van der Waals surface area contributed by atoms with Crippen LogP contribution in [0.15, 0.2) is 0 Å². The van der Waals surface area contributed by atoms with Gasteiger partial charge in [-0.3, -0.25) is 9.59 Å². The van der Waals surface area contributed by atoms with Crippen molar-refractivity contribution in [3.8, 4) is 0 Å². The van der Waals surface area contributed by atoms with Gasteiger partial charge in [-0.2, -0.15) is 0 Å². The highest BCUT2D eigenvalue weighted by Crippen LogP contribution is 2.37. The second-order valence-corrected chi connectivity index (χ2v) is 7.27. The third-order valence-corrected chi connectivity index (χ3v) is 5.43. The van der Waals surface area contributed by atoms with E-state index < -0.39 is 0 Å². The van der Waals surface area contributed by atoms with Gasteiger partial charge >= 0.3 is 0 Å². The van der Waals surface area contributed by atoms with Gasteiger partial charge in [-0.1, -0.05) is 41.0 Å². The van der Waals surface area contributed by atoms with Crippen LogP contribution in [-0.4, -0.2) is 34.8 Å². The molecule has 2 aliphatic rings. The average Bonchev–Trinajstić information content (AvgIpc) is 2.73. The summed E-state index contributed by atoms with van der Waals surface area (Å²) in [7, 11) is 0. The highest BCUT2D eigenvalue weighted by atomic mass is 16.2. The molecule has 0 spiro atoms. The number of carbonyl (C=O) groups excluding carboxylic acids is 2. The van der Waals surface area contributed by atoms with Gasteiger partial charge < -0.3 is 10.2 Å². The Kier molecular flexibility index (Phi) is 4.95. The van der Waals surface area contributed by atoms with E-state index in [9.17, 15) is 9.59 Å². The van der Waals surface area contributed by atoms with Crippen LogP contribution in [0.3, 0.4) is 0 Å². The molecule has 21 heavy (non-hydrogen) atoms. The zero-order chi connectivity index (χ0) is 15.7. The van der Waals surface area contributed by atoms with Gasteiger partial charge in [-0.25, -0.2) is 0 Å². The Morgan fingerprint density at radius 3 is 2.38 bits per heavy atom. The summed E-state index contributed by atoms with van der Waals surface area (Å²) in [5.74, 6) is 1.43. The van der Waals surface area contributed by atoms with Crippen molar-refractivity contribution in [2.75, 3.05) is 0 Å². The van der Waals surface area contributed by atoms with Crippen molar-refractivity contribution < 1.29 is 9.59 Å². The molecule has 1 saturated carbocycles. The number of rotatable bonds is 4. The molecule has 2 fully saturated rings. The molecule has 1 heterocycles. The number of nitrogens with zero attached hydrogens (tertiary/aromatic N) is 1. The largest absolute Gasteiger partial charge is 0.342 e. The van der Waals surface area contributed by atoms with Crippen molar-refractivity contribution >= 4 is 11.8 Å². The first-order valence-corrected chi connectivity index (χ1v) is 8.51. The molecule has 1 saturated heterocycles. The molecule has 2 rings (SSSR count). The van der Waals surface area contributed by atoms with Crippen LogP contribution in [0.4, 0.5) is 0 Å². The maximum absolute atomic E-state index is 12.9. The van der Waals surface area contributed by atoms with Crippen molar-refractivity contribution in [1.82, 2.24) is 10.2 Å². The second kappa shape index (κ2) is 6.37. The molecule has 4 nitrogen and oxygen atoms in total. The van der Waals surface area contributed by atoms with Crippen molar-refractivity contribution in [2.45, 2.75) is 78.4 Å². The summed E-state index contributed by atoms with van der Waals surface area (Å²) in [5.41, 5.74) is 0. The number of nitrogens with one attached hydrogen (secondary N) is 1. The predicted molar refractivity (Wildman–Crippen MR) is 83.7 cm³/mol. The molecule has 0 bridgehead atoms. The molecule has 5 unspecified atom stereocenters. The van der Waals surface area contributed by atoms with Gasteiger partial charge in [-0.15, -0.1) is 0 Å². The number of hydrogen-bond donors (Lipinski definition) is 1. The molecule has 5 atom stereocenters. The van der Waals surface area contributed by atoms with Crippen LogP contribution in [0.5, 0.6) is 0 Å². The molecule has 0 aromatic rings. The van der Waals surface area contributed by atoms with Crippen molar-refractivity contribution in [1.29, 1.82) is 0 Å². The zero-order valence-electron chi connectivity index (χ0n) is 14.1. The van der Waals surface area contributed by atoms with Crippen LogP contribution in [0, 0.1) is 17.8 Å². The van der Waals surface area contributed by atoms with E-state index in [4.69, 9.17) is 0 Å². The molecular formula is C17H30N2O2. The summed E-state index contributed by atoms with van der Waals surface area (Å²) >= 11 is 0. The molecule has 1 aliphatic carbocycles. The van der Waals surface area contributed by atoms with Crippen LogP contribution in [0.2, 0.25) is 0 Å². The Morgan fingerprint density at radius 1 is 1.24 bits per heavy atom. The van der Waals surface area contributed by atoms with Crippen molar-refractivity contribution in [3.05, 3.63) is 0 Å². The van der Waals surface area contributed by atoms with E-state index in [1.54, 1.807) is 0 Å². The van der Waals surface area contributed by atoms with Gasteiger partial charge in [0, 0.05) is 6.04 Å². The fourth-order valence-electron chi connectivity index (χ4n) is 3.97. The molecule has 120 valence electrons. The number of hydrogen-bond acceptors (Lipinski definition) is 2. The first kappa shape index (κ1) is 16.3. The monoisotopic (exact) mass is 294 g/mol. The molecule has 0 radical (unpaired) electrons. The Morgan fingerprint density at radius 2 is 1.90 bits per heavy atom. The Hall–Kier alpha value is -1.06. The minimum Gasteiger partial charge on any atom is -0.342 e. The fourth-order valence-corrected chi connectivity index (χ4v) is 3.97. The van der Waals surface area contributed by atoms with Gasteiger partial charge in [0.05, 0.1) is 0 Å². The van der Waals surface area contributed by atoms with Gasteiger partial charge in [0.1, 0.15) is 12.1 Å². The minimum absolute atomic E-state index is 0.0369. The highest BCUT2D eigenvalue weighted by Gasteiger charge is 2.47. The lowest BCUT2D eigenvalue weighted by Crippen LogP contribution is -2.67. The number of carbonyl (C=O) groups is 2. The lowest BCUT2D eigenvalue weighted by atomic mass is 9.89. The second-order valence-electron chi connectivity index (χ2n) is 7.27. The fraction of sp³-hybridized carbons (Fsp3) is 0.882. The topological polar surface area (TPSA) is 49.4 Å². The number of piperazine rings is 1. The average molecular weight is 294 g/mol.